The minimum Gasteiger partial charge on any atom is -0.393 e. The van der Waals surface area contributed by atoms with Crippen LogP contribution in [-0.2, 0) is 0 Å². The van der Waals surface area contributed by atoms with Crippen LogP contribution in [-0.4, -0.2) is 22.4 Å². The molecule has 2 heteroatoms. The average molecular weight is 276 g/mol. The van der Waals surface area contributed by atoms with Gasteiger partial charge in [0.15, 0.2) is 0 Å². The van der Waals surface area contributed by atoms with Gasteiger partial charge in [-0.05, 0) is 80.5 Å². The van der Waals surface area contributed by atoms with Gasteiger partial charge in [-0.2, -0.15) is 0 Å². The molecule has 4 aliphatic carbocycles. The van der Waals surface area contributed by atoms with Crippen LogP contribution >= 0.6 is 0 Å². The number of hydrogen-bond acceptors (Lipinski definition) is 2. The molecule has 0 aromatic rings. The fourth-order valence-corrected chi connectivity index (χ4v) is 6.28. The van der Waals surface area contributed by atoms with Crippen molar-refractivity contribution in [2.45, 2.75) is 70.5 Å². The quantitative estimate of drug-likeness (QED) is 0.667. The van der Waals surface area contributed by atoms with Crippen molar-refractivity contribution in [3.8, 4) is 0 Å². The van der Waals surface area contributed by atoms with Crippen molar-refractivity contribution >= 4 is 0 Å². The minimum absolute atomic E-state index is 0.0569. The first kappa shape index (κ1) is 13.3. The summed E-state index contributed by atoms with van der Waals surface area (Å²) in [7, 11) is 0. The van der Waals surface area contributed by atoms with E-state index >= 15 is 0 Å². The second-order valence-electron chi connectivity index (χ2n) is 8.10. The first-order chi connectivity index (χ1) is 9.59. The van der Waals surface area contributed by atoms with Gasteiger partial charge in [-0.3, -0.25) is 0 Å². The van der Waals surface area contributed by atoms with Crippen LogP contribution in [0.2, 0.25) is 0 Å². The highest BCUT2D eigenvalue weighted by molar-refractivity contribution is 5.20. The standard InChI is InChI=1S/C18H28O2/c1-18-9-8-14-13-5-3-12(19)10-11(13)2-4-15(14)16(18)6-7-17(18)20/h10,12-17,19-20H,2-9H2,1H3/t12-,13+,14-,15-,16+,17-,18+/m1/s1. The Bertz CT molecular complexity index is 429. The van der Waals surface area contributed by atoms with E-state index in [1.54, 1.807) is 5.57 Å². The molecule has 0 aromatic carbocycles. The lowest BCUT2D eigenvalue weighted by Crippen LogP contribution is -2.47. The van der Waals surface area contributed by atoms with Crippen molar-refractivity contribution < 1.29 is 10.2 Å². The predicted octanol–water partition coefficient (Wildman–Crippen LogP) is 3.28. The van der Waals surface area contributed by atoms with Gasteiger partial charge in [0.1, 0.15) is 0 Å². The molecule has 3 saturated carbocycles. The highest BCUT2D eigenvalue weighted by Gasteiger charge is 2.55. The third-order valence-electron chi connectivity index (χ3n) is 7.38. The molecular weight excluding hydrogens is 248 g/mol. The maximum atomic E-state index is 10.4. The maximum Gasteiger partial charge on any atom is 0.0723 e. The Hall–Kier alpha value is -0.340. The van der Waals surface area contributed by atoms with Crippen molar-refractivity contribution in [2.75, 3.05) is 0 Å². The molecule has 3 fully saturated rings. The fraction of sp³-hybridized carbons (Fsp3) is 0.889. The Labute approximate surface area is 122 Å². The van der Waals surface area contributed by atoms with Gasteiger partial charge >= 0.3 is 0 Å². The zero-order valence-corrected chi connectivity index (χ0v) is 12.6. The molecule has 0 aromatic heterocycles. The van der Waals surface area contributed by atoms with E-state index in [2.05, 4.69) is 13.0 Å². The van der Waals surface area contributed by atoms with E-state index in [1.807, 2.05) is 0 Å². The van der Waals surface area contributed by atoms with Crippen molar-refractivity contribution in [3.63, 3.8) is 0 Å². The second kappa shape index (κ2) is 4.58. The van der Waals surface area contributed by atoms with Crippen LogP contribution in [0.5, 0.6) is 0 Å². The molecule has 20 heavy (non-hydrogen) atoms. The van der Waals surface area contributed by atoms with E-state index in [4.69, 9.17) is 0 Å². The Morgan fingerprint density at radius 3 is 2.70 bits per heavy atom. The number of hydrogen-bond donors (Lipinski definition) is 2. The van der Waals surface area contributed by atoms with Crippen molar-refractivity contribution in [1.29, 1.82) is 0 Å². The van der Waals surface area contributed by atoms with Gasteiger partial charge in [-0.1, -0.05) is 18.6 Å². The molecule has 112 valence electrons. The second-order valence-corrected chi connectivity index (χ2v) is 8.10. The van der Waals surface area contributed by atoms with Gasteiger partial charge in [0.05, 0.1) is 12.2 Å². The normalized spacial score (nSPS) is 54.6. The molecule has 0 unspecified atom stereocenters. The summed E-state index contributed by atoms with van der Waals surface area (Å²) in [5, 5.41) is 20.3. The summed E-state index contributed by atoms with van der Waals surface area (Å²) in [5.41, 5.74) is 1.77. The third kappa shape index (κ3) is 1.77. The zero-order chi connectivity index (χ0) is 13.9. The van der Waals surface area contributed by atoms with Crippen LogP contribution in [0.1, 0.15) is 58.3 Å². The first-order valence-electron chi connectivity index (χ1n) is 8.66. The lowest BCUT2D eigenvalue weighted by Gasteiger charge is -2.53. The fourth-order valence-electron chi connectivity index (χ4n) is 6.28. The molecule has 0 amide bonds. The number of aliphatic hydroxyl groups is 2. The SMILES string of the molecule is C[C@]12CC[C@H]3[C@@H](CCC4=C[C@H](O)CC[C@@H]43)[C@@H]1CC[C@H]2O. The number of aliphatic hydroxyl groups excluding tert-OH is 2. The summed E-state index contributed by atoms with van der Waals surface area (Å²) in [5.74, 6) is 3.18. The summed E-state index contributed by atoms with van der Waals surface area (Å²) in [6, 6.07) is 0. The lowest BCUT2D eigenvalue weighted by atomic mass is 9.52. The molecule has 7 atom stereocenters. The Morgan fingerprint density at radius 1 is 1.00 bits per heavy atom. The smallest absolute Gasteiger partial charge is 0.0723 e. The van der Waals surface area contributed by atoms with Gasteiger partial charge in [0, 0.05) is 0 Å². The molecule has 0 spiro atoms. The molecule has 4 rings (SSSR count). The van der Waals surface area contributed by atoms with E-state index in [0.29, 0.717) is 0 Å². The first-order valence-corrected chi connectivity index (χ1v) is 8.66. The van der Waals surface area contributed by atoms with Gasteiger partial charge in [0.25, 0.3) is 0 Å². The molecule has 0 heterocycles. The maximum absolute atomic E-state index is 10.4. The monoisotopic (exact) mass is 276 g/mol. The number of rotatable bonds is 0. The highest BCUT2D eigenvalue weighted by atomic mass is 16.3. The predicted molar refractivity (Wildman–Crippen MR) is 79.1 cm³/mol. The highest BCUT2D eigenvalue weighted by Crippen LogP contribution is 2.61. The van der Waals surface area contributed by atoms with E-state index in [1.165, 1.54) is 38.5 Å². The largest absolute Gasteiger partial charge is 0.393 e. The van der Waals surface area contributed by atoms with Crippen LogP contribution in [0.3, 0.4) is 0 Å². The number of allylic oxidation sites excluding steroid dienone is 1. The molecule has 2 N–H and O–H groups in total. The zero-order valence-electron chi connectivity index (χ0n) is 12.6. The summed E-state index contributed by atoms with van der Waals surface area (Å²) in [4.78, 5) is 0. The van der Waals surface area contributed by atoms with Gasteiger partial charge in [-0.15, -0.1) is 0 Å². The van der Waals surface area contributed by atoms with Gasteiger partial charge in [-0.25, -0.2) is 0 Å². The molecule has 2 nitrogen and oxygen atoms in total. The summed E-state index contributed by atoms with van der Waals surface area (Å²) >= 11 is 0. The van der Waals surface area contributed by atoms with Crippen molar-refractivity contribution in [3.05, 3.63) is 11.6 Å². The average Bonchev–Trinajstić information content (AvgIpc) is 2.74. The molecule has 0 radical (unpaired) electrons. The molecule has 0 bridgehead atoms. The van der Waals surface area contributed by atoms with E-state index in [0.717, 1.165) is 36.5 Å². The van der Waals surface area contributed by atoms with E-state index in [9.17, 15) is 10.2 Å². The third-order valence-corrected chi connectivity index (χ3v) is 7.38. The van der Waals surface area contributed by atoms with Gasteiger partial charge < -0.3 is 10.2 Å². The Balaban J connectivity index is 1.62. The summed E-state index contributed by atoms with van der Waals surface area (Å²) in [6.45, 7) is 2.35. The molecule has 0 saturated heterocycles. The van der Waals surface area contributed by atoms with Crippen LogP contribution < -0.4 is 0 Å². The molecule has 4 aliphatic rings. The van der Waals surface area contributed by atoms with Crippen molar-refractivity contribution in [2.24, 2.45) is 29.1 Å². The van der Waals surface area contributed by atoms with E-state index in [-0.39, 0.29) is 17.6 Å². The minimum atomic E-state index is -0.181. The van der Waals surface area contributed by atoms with Crippen LogP contribution in [0.15, 0.2) is 11.6 Å². The number of fused-ring (bicyclic) bond motifs is 5. The summed E-state index contributed by atoms with van der Waals surface area (Å²) in [6.07, 6.45) is 11.4. The Kier molecular flexibility index (Phi) is 3.05. The lowest BCUT2D eigenvalue weighted by molar-refractivity contribution is -0.0548. The van der Waals surface area contributed by atoms with E-state index < -0.39 is 0 Å². The van der Waals surface area contributed by atoms with Crippen LogP contribution in [0.4, 0.5) is 0 Å². The van der Waals surface area contributed by atoms with Crippen LogP contribution in [0, 0.1) is 29.1 Å². The molecular formula is C18H28O2. The molecule has 0 aliphatic heterocycles. The topological polar surface area (TPSA) is 40.5 Å². The summed E-state index contributed by atoms with van der Waals surface area (Å²) < 4.78 is 0. The Morgan fingerprint density at radius 2 is 1.85 bits per heavy atom. The van der Waals surface area contributed by atoms with Crippen molar-refractivity contribution in [1.82, 2.24) is 0 Å². The van der Waals surface area contributed by atoms with Crippen LogP contribution in [0.25, 0.3) is 0 Å². The van der Waals surface area contributed by atoms with Gasteiger partial charge in [0.2, 0.25) is 0 Å².